The summed E-state index contributed by atoms with van der Waals surface area (Å²) in [6.07, 6.45) is 0.642. The maximum absolute atomic E-state index is 12.6. The van der Waals surface area contributed by atoms with E-state index in [1.54, 1.807) is 21.3 Å². The largest absolute Gasteiger partial charge is 0.496 e. The number of fused-ring (bicyclic) bond motifs is 1. The third kappa shape index (κ3) is 2.98. The molecule has 2 aromatic rings. The Morgan fingerprint density at radius 3 is 2.27 bits per heavy atom. The van der Waals surface area contributed by atoms with Crippen molar-refractivity contribution < 1.29 is 19.0 Å². The van der Waals surface area contributed by atoms with Gasteiger partial charge in [-0.1, -0.05) is 19.1 Å². The van der Waals surface area contributed by atoms with Crippen LogP contribution in [-0.2, 0) is 4.79 Å². The fourth-order valence-electron chi connectivity index (χ4n) is 3.23. The molecule has 6 nitrogen and oxygen atoms in total. The average molecular weight is 354 g/mol. The maximum Gasteiger partial charge on any atom is 0.247 e. The molecule has 0 unspecified atom stereocenters. The second-order valence-electron chi connectivity index (χ2n) is 5.89. The highest BCUT2D eigenvalue weighted by Gasteiger charge is 2.30. The van der Waals surface area contributed by atoms with Gasteiger partial charge in [-0.2, -0.15) is 5.10 Å². The summed E-state index contributed by atoms with van der Waals surface area (Å²) in [5.74, 6) is 1.36. The van der Waals surface area contributed by atoms with Crippen LogP contribution in [0.4, 0.5) is 0 Å². The lowest BCUT2D eigenvalue weighted by molar-refractivity contribution is -0.122. The number of rotatable bonds is 5. The van der Waals surface area contributed by atoms with Gasteiger partial charge in [0.1, 0.15) is 11.5 Å². The maximum atomic E-state index is 12.6. The van der Waals surface area contributed by atoms with E-state index in [2.05, 4.69) is 10.5 Å². The number of benzene rings is 2. The van der Waals surface area contributed by atoms with Gasteiger partial charge in [0.15, 0.2) is 11.5 Å². The summed E-state index contributed by atoms with van der Waals surface area (Å²) < 4.78 is 16.4. The van der Waals surface area contributed by atoms with E-state index in [9.17, 15) is 4.79 Å². The first-order valence-corrected chi connectivity index (χ1v) is 8.41. The number of nitrogens with one attached hydrogen (secondary N) is 1. The van der Waals surface area contributed by atoms with Crippen LogP contribution in [0.2, 0.25) is 0 Å². The monoisotopic (exact) mass is 354 g/mol. The molecule has 1 aliphatic heterocycles. The van der Waals surface area contributed by atoms with Gasteiger partial charge in [0.25, 0.3) is 0 Å². The molecule has 0 saturated heterocycles. The van der Waals surface area contributed by atoms with Crippen molar-refractivity contribution in [3.8, 4) is 17.2 Å². The van der Waals surface area contributed by atoms with E-state index < -0.39 is 0 Å². The summed E-state index contributed by atoms with van der Waals surface area (Å²) in [4.78, 5) is 12.6. The Morgan fingerprint density at radius 2 is 1.62 bits per heavy atom. The molecule has 1 heterocycles. The standard InChI is InChI=1S/C20H22N2O4/c1-5-12-14-10-17(25-3)18(26-4)11-15(14)19(21-22-20(12)23)13-8-6-7-9-16(13)24-2/h6-12H,5H2,1-4H3,(H,22,23)/t12-/m1/s1. The van der Waals surface area contributed by atoms with Crippen molar-refractivity contribution in [2.45, 2.75) is 19.3 Å². The second-order valence-corrected chi connectivity index (χ2v) is 5.89. The number of hydrogen-bond acceptors (Lipinski definition) is 5. The number of amides is 1. The Labute approximate surface area is 152 Å². The van der Waals surface area contributed by atoms with Crippen LogP contribution in [-0.4, -0.2) is 32.9 Å². The Morgan fingerprint density at radius 1 is 0.962 bits per heavy atom. The molecular formula is C20H22N2O4. The van der Waals surface area contributed by atoms with Gasteiger partial charge in [-0.15, -0.1) is 0 Å². The number of nitrogens with zero attached hydrogens (tertiary/aromatic N) is 1. The number of para-hydroxylation sites is 1. The van der Waals surface area contributed by atoms with E-state index in [0.29, 0.717) is 29.4 Å². The molecule has 0 spiro atoms. The molecule has 0 aliphatic carbocycles. The fraction of sp³-hybridized carbons (Fsp3) is 0.300. The molecule has 26 heavy (non-hydrogen) atoms. The van der Waals surface area contributed by atoms with E-state index in [1.807, 2.05) is 43.3 Å². The molecule has 0 bridgehead atoms. The average Bonchev–Trinajstić information content (AvgIpc) is 2.82. The van der Waals surface area contributed by atoms with E-state index in [-0.39, 0.29) is 11.8 Å². The third-order valence-electron chi connectivity index (χ3n) is 4.55. The minimum atomic E-state index is -0.333. The van der Waals surface area contributed by atoms with Gasteiger partial charge in [0.05, 0.1) is 27.2 Å². The first-order valence-electron chi connectivity index (χ1n) is 8.41. The molecule has 0 saturated carbocycles. The fourth-order valence-corrected chi connectivity index (χ4v) is 3.23. The van der Waals surface area contributed by atoms with Gasteiger partial charge >= 0.3 is 0 Å². The summed E-state index contributed by atoms with van der Waals surface area (Å²) in [6, 6.07) is 11.3. The Kier molecular flexibility index (Phi) is 5.11. The van der Waals surface area contributed by atoms with E-state index in [4.69, 9.17) is 14.2 Å². The lowest BCUT2D eigenvalue weighted by Crippen LogP contribution is -2.23. The molecule has 1 aliphatic rings. The number of carbonyl (C=O) groups excluding carboxylic acids is 1. The molecule has 3 rings (SSSR count). The van der Waals surface area contributed by atoms with Crippen LogP contribution in [0.1, 0.15) is 36.0 Å². The van der Waals surface area contributed by atoms with Crippen LogP contribution in [0.3, 0.4) is 0 Å². The van der Waals surface area contributed by atoms with E-state index >= 15 is 0 Å². The molecule has 6 heteroatoms. The van der Waals surface area contributed by atoms with Crippen molar-refractivity contribution in [1.82, 2.24) is 5.43 Å². The molecule has 0 radical (unpaired) electrons. The number of hydrazone groups is 1. The zero-order valence-corrected chi connectivity index (χ0v) is 15.3. The van der Waals surface area contributed by atoms with E-state index in [1.165, 1.54) is 0 Å². The predicted octanol–water partition coefficient (Wildman–Crippen LogP) is 3.09. The Hall–Kier alpha value is -3.02. The quantitative estimate of drug-likeness (QED) is 0.896. The van der Waals surface area contributed by atoms with Crippen molar-refractivity contribution >= 4 is 11.6 Å². The molecule has 2 aromatic carbocycles. The zero-order valence-electron chi connectivity index (χ0n) is 15.3. The summed E-state index contributed by atoms with van der Waals surface area (Å²) in [7, 11) is 4.78. The van der Waals surface area contributed by atoms with Crippen molar-refractivity contribution in [3.05, 3.63) is 53.1 Å². The number of methoxy groups -OCH3 is 3. The first kappa shape index (κ1) is 17.8. The highest BCUT2D eigenvalue weighted by atomic mass is 16.5. The molecule has 1 amide bonds. The topological polar surface area (TPSA) is 69.2 Å². The molecule has 1 N–H and O–H groups in total. The SMILES string of the molecule is CC[C@H]1C(=O)NN=C(c2ccccc2OC)c2cc(OC)c(OC)cc21. The third-order valence-corrected chi connectivity index (χ3v) is 4.55. The van der Waals surface area contributed by atoms with Crippen LogP contribution in [0, 0.1) is 0 Å². The normalized spacial score (nSPS) is 16.1. The highest BCUT2D eigenvalue weighted by Crippen LogP contribution is 2.38. The smallest absolute Gasteiger partial charge is 0.247 e. The van der Waals surface area contributed by atoms with Gasteiger partial charge in [0, 0.05) is 11.1 Å². The Bertz CT molecular complexity index is 861. The van der Waals surface area contributed by atoms with Gasteiger partial charge in [-0.25, -0.2) is 5.43 Å². The zero-order chi connectivity index (χ0) is 18.7. The summed E-state index contributed by atoms with van der Waals surface area (Å²) in [6.45, 7) is 1.97. The van der Waals surface area contributed by atoms with E-state index in [0.717, 1.165) is 16.7 Å². The van der Waals surface area contributed by atoms with Gasteiger partial charge in [-0.3, -0.25) is 4.79 Å². The molecular weight excluding hydrogens is 332 g/mol. The predicted molar refractivity (Wildman–Crippen MR) is 99.4 cm³/mol. The summed E-state index contributed by atoms with van der Waals surface area (Å²) >= 11 is 0. The van der Waals surface area contributed by atoms with Gasteiger partial charge < -0.3 is 14.2 Å². The van der Waals surface area contributed by atoms with Crippen LogP contribution in [0.15, 0.2) is 41.5 Å². The molecule has 0 aromatic heterocycles. The highest BCUT2D eigenvalue weighted by molar-refractivity contribution is 6.17. The van der Waals surface area contributed by atoms with Gasteiger partial charge in [-0.05, 0) is 36.2 Å². The van der Waals surface area contributed by atoms with Crippen LogP contribution in [0.25, 0.3) is 0 Å². The van der Waals surface area contributed by atoms with Crippen molar-refractivity contribution in [2.24, 2.45) is 5.10 Å². The van der Waals surface area contributed by atoms with Gasteiger partial charge in [0.2, 0.25) is 5.91 Å². The van der Waals surface area contributed by atoms with Crippen molar-refractivity contribution in [3.63, 3.8) is 0 Å². The molecule has 1 atom stereocenters. The minimum Gasteiger partial charge on any atom is -0.496 e. The summed E-state index contributed by atoms with van der Waals surface area (Å²) in [5, 5.41) is 4.39. The summed E-state index contributed by atoms with van der Waals surface area (Å²) in [5.41, 5.74) is 5.77. The van der Waals surface area contributed by atoms with Crippen LogP contribution < -0.4 is 19.6 Å². The minimum absolute atomic E-state index is 0.147. The number of hydrogen-bond donors (Lipinski definition) is 1. The number of ether oxygens (including phenoxy) is 3. The van der Waals surface area contributed by atoms with Crippen LogP contribution in [0.5, 0.6) is 17.2 Å². The number of carbonyl (C=O) groups is 1. The second kappa shape index (κ2) is 7.47. The Balaban J connectivity index is 2.29. The van der Waals surface area contributed by atoms with Crippen LogP contribution >= 0.6 is 0 Å². The first-order chi connectivity index (χ1) is 12.6. The molecule has 0 fully saturated rings. The molecule has 136 valence electrons. The lowest BCUT2D eigenvalue weighted by atomic mass is 9.87. The lowest BCUT2D eigenvalue weighted by Gasteiger charge is -2.19. The van der Waals surface area contributed by atoms with Crippen molar-refractivity contribution in [2.75, 3.05) is 21.3 Å². The van der Waals surface area contributed by atoms with Crippen molar-refractivity contribution in [1.29, 1.82) is 0 Å².